The molecule has 1 saturated heterocycles. The Labute approximate surface area is 169 Å². The fraction of sp³-hybridized carbons (Fsp3) is 0.364. The number of ketones is 1. The maximum absolute atomic E-state index is 12.9. The van der Waals surface area contributed by atoms with Crippen LogP contribution in [-0.4, -0.2) is 59.9 Å². The number of aliphatic hydroxyl groups excluding tert-OH is 1. The summed E-state index contributed by atoms with van der Waals surface area (Å²) in [5.41, 5.74) is 1.51. The lowest BCUT2D eigenvalue weighted by Gasteiger charge is -2.24. The molecule has 0 aliphatic carbocycles. The minimum absolute atomic E-state index is 0.0515. The van der Waals surface area contributed by atoms with Gasteiger partial charge in [-0.1, -0.05) is 0 Å². The summed E-state index contributed by atoms with van der Waals surface area (Å²) in [6.45, 7) is 2.90. The number of Topliss-reactive ketones (excluding diaryl/α,β-unsaturated/α-hetero) is 1. The second kappa shape index (κ2) is 7.40. The van der Waals surface area contributed by atoms with Crippen molar-refractivity contribution in [2.24, 2.45) is 0 Å². The van der Waals surface area contributed by atoms with Gasteiger partial charge in [0, 0.05) is 25.1 Å². The first kappa shape index (κ1) is 19.3. The molecule has 1 aromatic heterocycles. The molecule has 152 valence electrons. The summed E-state index contributed by atoms with van der Waals surface area (Å²) in [6.07, 6.45) is 2.30. The highest BCUT2D eigenvalue weighted by Crippen LogP contribution is 2.40. The average molecular weight is 396 g/mol. The van der Waals surface area contributed by atoms with Gasteiger partial charge in [0.25, 0.3) is 11.7 Å². The molecule has 0 radical (unpaired) electrons. The van der Waals surface area contributed by atoms with Gasteiger partial charge >= 0.3 is 0 Å². The standard InChI is InChI=1S/C22H24N2O5/c1-13-11-15-12-14(6-7-16(15)29-13)20(25)18-19(17-5-4-10-28-17)24(9-8-23(2)3)22(27)21(18)26/h4-7,10,12-13,19,25H,8-9,11H2,1-3H3/b20-18+. The largest absolute Gasteiger partial charge is 0.507 e. The van der Waals surface area contributed by atoms with Crippen LogP contribution in [0.3, 0.4) is 0 Å². The molecule has 2 aliphatic rings. The maximum atomic E-state index is 12.9. The summed E-state index contributed by atoms with van der Waals surface area (Å²) in [6, 6.07) is 7.98. The summed E-state index contributed by atoms with van der Waals surface area (Å²) in [4.78, 5) is 29.0. The molecule has 2 unspecified atom stereocenters. The lowest BCUT2D eigenvalue weighted by molar-refractivity contribution is -0.140. The van der Waals surface area contributed by atoms with Crippen LogP contribution in [0.1, 0.15) is 29.9 Å². The van der Waals surface area contributed by atoms with E-state index in [9.17, 15) is 14.7 Å². The summed E-state index contributed by atoms with van der Waals surface area (Å²) in [5.74, 6) is -0.300. The molecule has 1 fully saturated rings. The molecule has 1 N–H and O–H groups in total. The Hall–Kier alpha value is -3.06. The highest BCUT2D eigenvalue weighted by molar-refractivity contribution is 6.46. The lowest BCUT2D eigenvalue weighted by atomic mass is 9.97. The molecule has 7 heteroatoms. The highest BCUT2D eigenvalue weighted by Gasteiger charge is 2.47. The van der Waals surface area contributed by atoms with Crippen molar-refractivity contribution in [3.8, 4) is 5.75 Å². The van der Waals surface area contributed by atoms with Crippen molar-refractivity contribution < 1.29 is 23.8 Å². The number of aliphatic hydroxyl groups is 1. The van der Waals surface area contributed by atoms with Crippen molar-refractivity contribution in [3.63, 3.8) is 0 Å². The molecule has 1 amide bonds. The van der Waals surface area contributed by atoms with Crippen LogP contribution in [0.4, 0.5) is 0 Å². The van der Waals surface area contributed by atoms with Gasteiger partial charge in [-0.25, -0.2) is 0 Å². The number of carbonyl (C=O) groups is 2. The van der Waals surface area contributed by atoms with E-state index in [1.165, 1.54) is 11.2 Å². The van der Waals surface area contributed by atoms with E-state index < -0.39 is 17.7 Å². The molecule has 0 saturated carbocycles. The highest BCUT2D eigenvalue weighted by atomic mass is 16.5. The number of hydrogen-bond acceptors (Lipinski definition) is 6. The Balaban J connectivity index is 1.78. The second-order valence-corrected chi connectivity index (χ2v) is 7.77. The van der Waals surface area contributed by atoms with Gasteiger partial charge < -0.3 is 24.1 Å². The molecule has 2 atom stereocenters. The van der Waals surface area contributed by atoms with E-state index in [-0.39, 0.29) is 17.4 Å². The molecule has 3 heterocycles. The topological polar surface area (TPSA) is 83.2 Å². The first-order valence-corrected chi connectivity index (χ1v) is 9.63. The van der Waals surface area contributed by atoms with Crippen molar-refractivity contribution in [1.82, 2.24) is 9.80 Å². The van der Waals surface area contributed by atoms with Gasteiger partial charge in [-0.15, -0.1) is 0 Å². The number of fused-ring (bicyclic) bond motifs is 1. The third-order valence-corrected chi connectivity index (χ3v) is 5.31. The first-order valence-electron chi connectivity index (χ1n) is 9.63. The smallest absolute Gasteiger partial charge is 0.295 e. The van der Waals surface area contributed by atoms with Gasteiger partial charge in [-0.3, -0.25) is 9.59 Å². The molecular weight excluding hydrogens is 372 g/mol. The van der Waals surface area contributed by atoms with Gasteiger partial charge in [0.15, 0.2) is 0 Å². The van der Waals surface area contributed by atoms with E-state index in [2.05, 4.69) is 0 Å². The summed E-state index contributed by atoms with van der Waals surface area (Å²) in [7, 11) is 3.79. The Morgan fingerprint density at radius 3 is 2.76 bits per heavy atom. The van der Waals surface area contributed by atoms with Crippen LogP contribution < -0.4 is 4.74 Å². The van der Waals surface area contributed by atoms with E-state index in [0.717, 1.165) is 17.7 Å². The molecule has 0 bridgehead atoms. The van der Waals surface area contributed by atoms with Crippen LogP contribution >= 0.6 is 0 Å². The van der Waals surface area contributed by atoms with Crippen molar-refractivity contribution in [2.75, 3.05) is 27.2 Å². The molecule has 4 rings (SSSR count). The zero-order valence-electron chi connectivity index (χ0n) is 16.7. The molecule has 2 aliphatic heterocycles. The Bertz CT molecular complexity index is 977. The Morgan fingerprint density at radius 1 is 1.28 bits per heavy atom. The van der Waals surface area contributed by atoms with Crippen molar-refractivity contribution in [3.05, 3.63) is 59.1 Å². The van der Waals surface area contributed by atoms with Crippen LogP contribution in [0.25, 0.3) is 5.76 Å². The maximum Gasteiger partial charge on any atom is 0.295 e. The molecule has 2 aromatic rings. The van der Waals surface area contributed by atoms with E-state index in [4.69, 9.17) is 9.15 Å². The number of likely N-dealkylation sites (N-methyl/N-ethyl adjacent to an activating group) is 1. The zero-order valence-corrected chi connectivity index (χ0v) is 16.7. The number of likely N-dealkylation sites (tertiary alicyclic amines) is 1. The first-order chi connectivity index (χ1) is 13.9. The van der Waals surface area contributed by atoms with Crippen LogP contribution in [0.2, 0.25) is 0 Å². The van der Waals surface area contributed by atoms with Gasteiger partial charge in [0.2, 0.25) is 0 Å². The monoisotopic (exact) mass is 396 g/mol. The van der Waals surface area contributed by atoms with Crippen molar-refractivity contribution in [1.29, 1.82) is 0 Å². The third kappa shape index (κ3) is 3.42. The summed E-state index contributed by atoms with van der Waals surface area (Å²) >= 11 is 0. The number of nitrogens with zero attached hydrogens (tertiary/aromatic N) is 2. The van der Waals surface area contributed by atoms with Gasteiger partial charge in [0.1, 0.15) is 29.4 Å². The number of amides is 1. The van der Waals surface area contributed by atoms with E-state index in [1.807, 2.05) is 32.0 Å². The minimum Gasteiger partial charge on any atom is -0.507 e. The van der Waals surface area contributed by atoms with Gasteiger partial charge in [-0.2, -0.15) is 0 Å². The van der Waals surface area contributed by atoms with Crippen molar-refractivity contribution in [2.45, 2.75) is 25.5 Å². The van der Waals surface area contributed by atoms with Crippen LogP contribution in [0.15, 0.2) is 46.6 Å². The van der Waals surface area contributed by atoms with Gasteiger partial charge in [-0.05, 0) is 56.9 Å². The van der Waals surface area contributed by atoms with Crippen molar-refractivity contribution >= 4 is 17.4 Å². The number of rotatable bonds is 5. The quantitative estimate of drug-likeness (QED) is 0.475. The van der Waals surface area contributed by atoms with Gasteiger partial charge in [0.05, 0.1) is 11.8 Å². The normalized spacial score (nSPS) is 23.0. The predicted molar refractivity (Wildman–Crippen MR) is 107 cm³/mol. The molecule has 0 spiro atoms. The number of carbonyl (C=O) groups excluding carboxylic acids is 2. The Kier molecular flexibility index (Phi) is 4.92. The summed E-state index contributed by atoms with van der Waals surface area (Å²) < 4.78 is 11.2. The fourth-order valence-electron chi connectivity index (χ4n) is 3.89. The van der Waals surface area contributed by atoms with Crippen LogP contribution in [-0.2, 0) is 16.0 Å². The minimum atomic E-state index is -0.756. The van der Waals surface area contributed by atoms with E-state index in [0.29, 0.717) is 24.4 Å². The number of benzene rings is 1. The molecule has 1 aromatic carbocycles. The Morgan fingerprint density at radius 2 is 2.07 bits per heavy atom. The van der Waals surface area contributed by atoms with Crippen LogP contribution in [0, 0.1) is 0 Å². The molecule has 7 nitrogen and oxygen atoms in total. The fourth-order valence-corrected chi connectivity index (χ4v) is 3.89. The number of furan rings is 1. The third-order valence-electron chi connectivity index (χ3n) is 5.31. The second-order valence-electron chi connectivity index (χ2n) is 7.77. The number of ether oxygens (including phenoxy) is 1. The van der Waals surface area contributed by atoms with Crippen LogP contribution in [0.5, 0.6) is 5.75 Å². The van der Waals surface area contributed by atoms with E-state index in [1.54, 1.807) is 24.3 Å². The average Bonchev–Trinajstić information content (AvgIpc) is 3.38. The van der Waals surface area contributed by atoms with E-state index >= 15 is 0 Å². The summed E-state index contributed by atoms with van der Waals surface area (Å²) in [5, 5.41) is 11.1. The zero-order chi connectivity index (χ0) is 20.7. The predicted octanol–water partition coefficient (Wildman–Crippen LogP) is 2.59. The number of hydrogen-bond donors (Lipinski definition) is 1. The lowest BCUT2D eigenvalue weighted by Crippen LogP contribution is -2.35. The molecular formula is C22H24N2O5. The SMILES string of the molecule is CC1Cc2cc(/C(O)=C3\C(=O)C(=O)N(CCN(C)C)C3c3ccco3)ccc2O1. The molecule has 29 heavy (non-hydrogen) atoms.